The quantitative estimate of drug-likeness (QED) is 0.767. The van der Waals surface area contributed by atoms with E-state index in [1.807, 2.05) is 13.0 Å². The zero-order valence-electron chi connectivity index (χ0n) is 11.2. The van der Waals surface area contributed by atoms with Crippen LogP contribution < -0.4 is 10.0 Å². The highest BCUT2D eigenvalue weighted by Gasteiger charge is 2.15. The van der Waals surface area contributed by atoms with Crippen LogP contribution in [0.1, 0.15) is 18.9 Å². The van der Waals surface area contributed by atoms with Gasteiger partial charge in [0.05, 0.1) is 23.9 Å². The van der Waals surface area contributed by atoms with Crippen molar-refractivity contribution in [1.82, 2.24) is 10.0 Å². The fourth-order valence-electron chi connectivity index (χ4n) is 1.45. The van der Waals surface area contributed by atoms with Gasteiger partial charge in [0.1, 0.15) is 0 Å². The molecule has 0 spiro atoms. The monoisotopic (exact) mass is 295 g/mol. The highest BCUT2D eigenvalue weighted by atomic mass is 32.2. The van der Waals surface area contributed by atoms with Crippen LogP contribution in [0.3, 0.4) is 0 Å². The number of nitrogens with one attached hydrogen (secondary N) is 2. The van der Waals surface area contributed by atoms with Crippen molar-refractivity contribution in [3.63, 3.8) is 0 Å². The summed E-state index contributed by atoms with van der Waals surface area (Å²) in [7, 11) is -3.71. The molecule has 20 heavy (non-hydrogen) atoms. The maximum atomic E-state index is 11.9. The second-order valence-corrected chi connectivity index (χ2v) is 5.92. The number of hydrogen-bond acceptors (Lipinski definition) is 4. The van der Waals surface area contributed by atoms with Crippen molar-refractivity contribution in [2.45, 2.75) is 24.7 Å². The third kappa shape index (κ3) is 4.99. The number of rotatable bonds is 7. The molecule has 108 valence electrons. The number of hydrogen-bond donors (Lipinski definition) is 2. The Balaban J connectivity index is 2.64. The first kappa shape index (κ1) is 16.1. The second-order valence-electron chi connectivity index (χ2n) is 4.15. The molecule has 0 saturated heterocycles. The minimum atomic E-state index is -3.71. The standard InChI is InChI=1S/C13H17N3O3S/c1-2-9-15-13(17)10-16-20(18,19)12-5-3-11(4-6-12)7-8-14/h3-6,16H,2,7,9-10H2,1H3,(H,15,17). The molecule has 0 aromatic heterocycles. The predicted molar refractivity (Wildman–Crippen MR) is 74.2 cm³/mol. The summed E-state index contributed by atoms with van der Waals surface area (Å²) in [6.45, 7) is 2.14. The lowest BCUT2D eigenvalue weighted by Crippen LogP contribution is -2.37. The predicted octanol–water partition coefficient (Wildman–Crippen LogP) is 0.557. The lowest BCUT2D eigenvalue weighted by Gasteiger charge is -2.07. The summed E-state index contributed by atoms with van der Waals surface area (Å²) in [6, 6.07) is 7.97. The Morgan fingerprint density at radius 3 is 2.50 bits per heavy atom. The Bertz CT molecular complexity index is 588. The molecule has 0 aliphatic carbocycles. The first-order chi connectivity index (χ1) is 9.49. The van der Waals surface area contributed by atoms with E-state index in [2.05, 4.69) is 10.0 Å². The van der Waals surface area contributed by atoms with Crippen molar-refractivity contribution in [2.24, 2.45) is 0 Å². The Labute approximate surface area is 118 Å². The van der Waals surface area contributed by atoms with E-state index in [1.54, 1.807) is 12.1 Å². The van der Waals surface area contributed by atoms with Gasteiger partial charge in [-0.15, -0.1) is 0 Å². The van der Waals surface area contributed by atoms with E-state index in [9.17, 15) is 13.2 Å². The molecule has 7 heteroatoms. The number of benzene rings is 1. The van der Waals surface area contributed by atoms with Crippen molar-refractivity contribution >= 4 is 15.9 Å². The highest BCUT2D eigenvalue weighted by Crippen LogP contribution is 2.10. The van der Waals surface area contributed by atoms with Crippen LogP contribution in [0.4, 0.5) is 0 Å². The number of sulfonamides is 1. The minimum absolute atomic E-state index is 0.0717. The third-order valence-corrected chi connectivity index (χ3v) is 3.93. The molecule has 0 aliphatic rings. The van der Waals surface area contributed by atoms with Gasteiger partial charge >= 0.3 is 0 Å². The fourth-order valence-corrected chi connectivity index (χ4v) is 2.43. The number of carbonyl (C=O) groups is 1. The van der Waals surface area contributed by atoms with E-state index < -0.39 is 10.0 Å². The molecule has 0 fully saturated rings. The van der Waals surface area contributed by atoms with Crippen LogP contribution in [-0.4, -0.2) is 27.4 Å². The van der Waals surface area contributed by atoms with Crippen LogP contribution in [0.15, 0.2) is 29.2 Å². The van der Waals surface area contributed by atoms with E-state index in [-0.39, 0.29) is 23.8 Å². The van der Waals surface area contributed by atoms with Crippen molar-refractivity contribution in [2.75, 3.05) is 13.1 Å². The maximum absolute atomic E-state index is 11.9. The summed E-state index contributed by atoms with van der Waals surface area (Å²) in [5.41, 5.74) is 0.743. The van der Waals surface area contributed by atoms with Gasteiger partial charge < -0.3 is 5.32 Å². The first-order valence-corrected chi connectivity index (χ1v) is 7.70. The summed E-state index contributed by atoms with van der Waals surface area (Å²) >= 11 is 0. The summed E-state index contributed by atoms with van der Waals surface area (Å²) in [5.74, 6) is -0.364. The van der Waals surface area contributed by atoms with Gasteiger partial charge in [0.2, 0.25) is 15.9 Å². The number of nitriles is 1. The molecule has 1 rings (SSSR count). The van der Waals surface area contributed by atoms with Crippen LogP contribution >= 0.6 is 0 Å². The number of carbonyl (C=O) groups excluding carboxylic acids is 1. The van der Waals surface area contributed by atoms with Crippen LogP contribution in [0, 0.1) is 11.3 Å². The number of amides is 1. The van der Waals surface area contributed by atoms with Gasteiger partial charge in [-0.2, -0.15) is 5.26 Å². The molecule has 2 N–H and O–H groups in total. The fraction of sp³-hybridized carbons (Fsp3) is 0.385. The Kier molecular flexibility index (Phi) is 6.15. The van der Waals surface area contributed by atoms with Crippen molar-refractivity contribution in [3.05, 3.63) is 29.8 Å². The molecule has 0 unspecified atom stereocenters. The van der Waals surface area contributed by atoms with E-state index in [1.165, 1.54) is 12.1 Å². The van der Waals surface area contributed by atoms with Gasteiger partial charge in [0.15, 0.2) is 0 Å². The van der Waals surface area contributed by atoms with Gasteiger partial charge in [0.25, 0.3) is 0 Å². The minimum Gasteiger partial charge on any atom is -0.355 e. The number of nitrogens with zero attached hydrogens (tertiary/aromatic N) is 1. The van der Waals surface area contributed by atoms with Crippen molar-refractivity contribution in [1.29, 1.82) is 5.26 Å². The van der Waals surface area contributed by atoms with E-state index in [4.69, 9.17) is 5.26 Å². The van der Waals surface area contributed by atoms with E-state index in [0.29, 0.717) is 6.54 Å². The average molecular weight is 295 g/mol. The van der Waals surface area contributed by atoms with Gasteiger partial charge in [-0.25, -0.2) is 13.1 Å². The molecule has 0 bridgehead atoms. The smallest absolute Gasteiger partial charge is 0.241 e. The molecule has 1 amide bonds. The molecule has 0 saturated carbocycles. The Morgan fingerprint density at radius 2 is 1.95 bits per heavy atom. The Hall–Kier alpha value is -1.91. The second kappa shape index (κ2) is 7.62. The van der Waals surface area contributed by atoms with Gasteiger partial charge in [0, 0.05) is 6.54 Å². The van der Waals surface area contributed by atoms with E-state index >= 15 is 0 Å². The first-order valence-electron chi connectivity index (χ1n) is 6.22. The molecular weight excluding hydrogens is 278 g/mol. The zero-order valence-corrected chi connectivity index (χ0v) is 12.0. The topological polar surface area (TPSA) is 99.1 Å². The lowest BCUT2D eigenvalue weighted by atomic mass is 10.2. The van der Waals surface area contributed by atoms with Gasteiger partial charge in [-0.1, -0.05) is 19.1 Å². The highest BCUT2D eigenvalue weighted by molar-refractivity contribution is 7.89. The third-order valence-electron chi connectivity index (χ3n) is 2.51. The normalized spacial score (nSPS) is 10.8. The van der Waals surface area contributed by atoms with Crippen molar-refractivity contribution < 1.29 is 13.2 Å². The summed E-state index contributed by atoms with van der Waals surface area (Å²) in [4.78, 5) is 11.4. The molecule has 0 heterocycles. The summed E-state index contributed by atoms with van der Waals surface area (Å²) in [6.07, 6.45) is 1.02. The van der Waals surface area contributed by atoms with Crippen molar-refractivity contribution in [3.8, 4) is 6.07 Å². The largest absolute Gasteiger partial charge is 0.355 e. The summed E-state index contributed by atoms with van der Waals surface area (Å²) < 4.78 is 26.1. The van der Waals surface area contributed by atoms with Gasteiger partial charge in [-0.05, 0) is 24.1 Å². The molecule has 1 aromatic rings. The average Bonchev–Trinajstić information content (AvgIpc) is 2.44. The lowest BCUT2D eigenvalue weighted by molar-refractivity contribution is -0.119. The molecule has 0 aliphatic heterocycles. The molecular formula is C13H17N3O3S. The molecule has 0 atom stereocenters. The molecule has 0 radical (unpaired) electrons. The summed E-state index contributed by atoms with van der Waals surface area (Å²) in [5, 5.41) is 11.1. The van der Waals surface area contributed by atoms with Gasteiger partial charge in [-0.3, -0.25) is 4.79 Å². The molecule has 6 nitrogen and oxygen atoms in total. The SMILES string of the molecule is CCCNC(=O)CNS(=O)(=O)c1ccc(CC#N)cc1. The van der Waals surface area contributed by atoms with E-state index in [0.717, 1.165) is 12.0 Å². The van der Waals surface area contributed by atoms with Crippen LogP contribution in [0.25, 0.3) is 0 Å². The Morgan fingerprint density at radius 1 is 1.30 bits per heavy atom. The maximum Gasteiger partial charge on any atom is 0.241 e. The molecule has 1 aromatic carbocycles. The zero-order chi connectivity index (χ0) is 15.0. The van der Waals surface area contributed by atoms with Crippen LogP contribution in [0.5, 0.6) is 0 Å². The van der Waals surface area contributed by atoms with Crippen LogP contribution in [-0.2, 0) is 21.2 Å². The van der Waals surface area contributed by atoms with Crippen LogP contribution in [0.2, 0.25) is 0 Å².